The van der Waals surface area contributed by atoms with Crippen molar-refractivity contribution in [3.05, 3.63) is 0 Å². The lowest BCUT2D eigenvalue weighted by Crippen LogP contribution is -2.39. The fourth-order valence-corrected chi connectivity index (χ4v) is 1.38. The Morgan fingerprint density at radius 2 is 1.87 bits per heavy atom. The quantitative estimate of drug-likeness (QED) is 0.733. The zero-order valence-electron chi connectivity index (χ0n) is 10.8. The summed E-state index contributed by atoms with van der Waals surface area (Å²) in [5.41, 5.74) is 5.73. The van der Waals surface area contributed by atoms with Gasteiger partial charge in [0.2, 0.25) is 5.91 Å². The molecule has 0 aromatic carbocycles. The Kier molecular flexibility index (Phi) is 5.88. The van der Waals surface area contributed by atoms with Crippen molar-refractivity contribution >= 4 is 5.91 Å². The van der Waals surface area contributed by atoms with E-state index in [1.54, 1.807) is 0 Å². The molecular weight excluding hydrogens is 188 g/mol. The number of rotatable bonds is 5. The van der Waals surface area contributed by atoms with Gasteiger partial charge in [0.25, 0.3) is 0 Å². The van der Waals surface area contributed by atoms with Crippen LogP contribution in [0.25, 0.3) is 0 Å². The van der Waals surface area contributed by atoms with Gasteiger partial charge in [0.1, 0.15) is 0 Å². The van der Waals surface area contributed by atoms with Crippen LogP contribution >= 0.6 is 0 Å². The summed E-state index contributed by atoms with van der Waals surface area (Å²) in [6, 6.07) is 0. The summed E-state index contributed by atoms with van der Waals surface area (Å²) in [7, 11) is 0. The van der Waals surface area contributed by atoms with Gasteiger partial charge in [-0.3, -0.25) is 4.79 Å². The molecule has 0 spiro atoms. The van der Waals surface area contributed by atoms with Crippen molar-refractivity contribution in [2.24, 2.45) is 23.0 Å². The molecule has 90 valence electrons. The van der Waals surface area contributed by atoms with E-state index >= 15 is 0 Å². The summed E-state index contributed by atoms with van der Waals surface area (Å²) in [4.78, 5) is 11.8. The normalized spacial score (nSPS) is 14.1. The number of nitrogens with two attached hydrogens (primary N) is 1. The molecule has 0 aliphatic rings. The van der Waals surface area contributed by atoms with E-state index in [-0.39, 0.29) is 17.2 Å². The monoisotopic (exact) mass is 214 g/mol. The molecule has 3 heteroatoms. The molecular formula is C12H26N2O. The zero-order valence-corrected chi connectivity index (χ0v) is 10.8. The molecule has 3 N–H and O–H groups in total. The maximum absolute atomic E-state index is 11.8. The van der Waals surface area contributed by atoms with E-state index in [0.29, 0.717) is 19.0 Å². The summed E-state index contributed by atoms with van der Waals surface area (Å²) >= 11 is 0. The van der Waals surface area contributed by atoms with E-state index in [1.165, 1.54) is 0 Å². The highest BCUT2D eigenvalue weighted by molar-refractivity contribution is 5.78. The van der Waals surface area contributed by atoms with E-state index in [4.69, 9.17) is 5.73 Å². The first-order valence-electron chi connectivity index (χ1n) is 5.74. The molecule has 0 saturated carbocycles. The molecule has 0 aliphatic heterocycles. The van der Waals surface area contributed by atoms with Crippen molar-refractivity contribution in [2.75, 3.05) is 13.1 Å². The topological polar surface area (TPSA) is 55.1 Å². The largest absolute Gasteiger partial charge is 0.355 e. The SMILES string of the molecule is CC(C)CC(CN)C(=O)NCC(C)(C)C. The van der Waals surface area contributed by atoms with Gasteiger partial charge < -0.3 is 11.1 Å². The Bertz CT molecular complexity index is 194. The van der Waals surface area contributed by atoms with Gasteiger partial charge in [-0.05, 0) is 17.8 Å². The minimum absolute atomic E-state index is 0.0349. The second kappa shape index (κ2) is 6.11. The summed E-state index contributed by atoms with van der Waals surface area (Å²) in [6.45, 7) is 11.7. The minimum atomic E-state index is -0.0349. The minimum Gasteiger partial charge on any atom is -0.355 e. The molecule has 15 heavy (non-hydrogen) atoms. The van der Waals surface area contributed by atoms with E-state index in [2.05, 4.69) is 39.9 Å². The van der Waals surface area contributed by atoms with Crippen LogP contribution in [0, 0.1) is 17.3 Å². The molecule has 0 bridgehead atoms. The lowest BCUT2D eigenvalue weighted by molar-refractivity contribution is -0.125. The fourth-order valence-electron chi connectivity index (χ4n) is 1.38. The first kappa shape index (κ1) is 14.4. The number of hydrogen-bond acceptors (Lipinski definition) is 2. The van der Waals surface area contributed by atoms with Crippen LogP contribution in [0.4, 0.5) is 0 Å². The summed E-state index contributed by atoms with van der Waals surface area (Å²) in [6.07, 6.45) is 0.868. The van der Waals surface area contributed by atoms with Crippen molar-refractivity contribution in [1.29, 1.82) is 0 Å². The average Bonchev–Trinajstić information content (AvgIpc) is 2.08. The van der Waals surface area contributed by atoms with Crippen molar-refractivity contribution in [3.8, 4) is 0 Å². The lowest BCUT2D eigenvalue weighted by atomic mass is 9.94. The summed E-state index contributed by atoms with van der Waals surface area (Å²) in [5, 5.41) is 2.96. The third-order valence-corrected chi connectivity index (χ3v) is 2.20. The molecule has 0 saturated heterocycles. The first-order chi connectivity index (χ1) is 6.76. The van der Waals surface area contributed by atoms with Crippen LogP contribution in [-0.2, 0) is 4.79 Å². The predicted octanol–water partition coefficient (Wildman–Crippen LogP) is 1.77. The van der Waals surface area contributed by atoms with Crippen LogP contribution in [-0.4, -0.2) is 19.0 Å². The fraction of sp³-hybridized carbons (Fsp3) is 0.917. The van der Waals surface area contributed by atoms with E-state index in [9.17, 15) is 4.79 Å². The predicted molar refractivity (Wildman–Crippen MR) is 64.5 cm³/mol. The lowest BCUT2D eigenvalue weighted by Gasteiger charge is -2.22. The van der Waals surface area contributed by atoms with Gasteiger partial charge in [0, 0.05) is 13.1 Å². The molecule has 0 fully saturated rings. The van der Waals surface area contributed by atoms with Crippen LogP contribution in [0.2, 0.25) is 0 Å². The number of nitrogens with one attached hydrogen (secondary N) is 1. The van der Waals surface area contributed by atoms with Gasteiger partial charge in [0.15, 0.2) is 0 Å². The van der Waals surface area contributed by atoms with Crippen molar-refractivity contribution < 1.29 is 4.79 Å². The molecule has 1 atom stereocenters. The highest BCUT2D eigenvalue weighted by Gasteiger charge is 2.19. The molecule has 0 aromatic rings. The van der Waals surface area contributed by atoms with Gasteiger partial charge in [-0.1, -0.05) is 34.6 Å². The van der Waals surface area contributed by atoms with Crippen molar-refractivity contribution in [1.82, 2.24) is 5.32 Å². The molecule has 1 unspecified atom stereocenters. The Morgan fingerprint density at radius 3 is 2.20 bits per heavy atom. The Hall–Kier alpha value is -0.570. The Morgan fingerprint density at radius 1 is 1.33 bits per heavy atom. The van der Waals surface area contributed by atoms with Crippen LogP contribution in [0.3, 0.4) is 0 Å². The van der Waals surface area contributed by atoms with E-state index in [1.807, 2.05) is 0 Å². The van der Waals surface area contributed by atoms with Gasteiger partial charge >= 0.3 is 0 Å². The average molecular weight is 214 g/mol. The standard InChI is InChI=1S/C12H26N2O/c1-9(2)6-10(7-13)11(15)14-8-12(3,4)5/h9-10H,6-8,13H2,1-5H3,(H,14,15). The smallest absolute Gasteiger partial charge is 0.224 e. The number of carbonyl (C=O) groups is 1. The van der Waals surface area contributed by atoms with Crippen LogP contribution in [0.5, 0.6) is 0 Å². The van der Waals surface area contributed by atoms with Gasteiger partial charge in [-0.25, -0.2) is 0 Å². The number of hydrogen-bond donors (Lipinski definition) is 2. The highest BCUT2D eigenvalue weighted by Crippen LogP contribution is 2.13. The van der Waals surface area contributed by atoms with Crippen molar-refractivity contribution in [3.63, 3.8) is 0 Å². The van der Waals surface area contributed by atoms with E-state index in [0.717, 1.165) is 6.42 Å². The van der Waals surface area contributed by atoms with Gasteiger partial charge in [-0.15, -0.1) is 0 Å². The van der Waals surface area contributed by atoms with Crippen LogP contribution in [0.1, 0.15) is 41.0 Å². The maximum Gasteiger partial charge on any atom is 0.224 e. The van der Waals surface area contributed by atoms with Crippen LogP contribution < -0.4 is 11.1 Å². The first-order valence-corrected chi connectivity index (χ1v) is 5.74. The summed E-state index contributed by atoms with van der Waals surface area (Å²) in [5.74, 6) is 0.576. The Balaban J connectivity index is 4.05. The summed E-state index contributed by atoms with van der Waals surface area (Å²) < 4.78 is 0. The maximum atomic E-state index is 11.8. The van der Waals surface area contributed by atoms with Crippen LogP contribution in [0.15, 0.2) is 0 Å². The molecule has 3 nitrogen and oxygen atoms in total. The highest BCUT2D eigenvalue weighted by atomic mass is 16.1. The third-order valence-electron chi connectivity index (χ3n) is 2.20. The molecule has 0 radical (unpaired) electrons. The molecule has 1 amide bonds. The second-order valence-corrected chi connectivity index (χ2v) is 5.84. The molecule has 0 heterocycles. The zero-order chi connectivity index (χ0) is 12.1. The van der Waals surface area contributed by atoms with Crippen molar-refractivity contribution in [2.45, 2.75) is 41.0 Å². The number of amides is 1. The molecule has 0 aliphatic carbocycles. The van der Waals surface area contributed by atoms with E-state index < -0.39 is 0 Å². The van der Waals surface area contributed by atoms with Gasteiger partial charge in [-0.2, -0.15) is 0 Å². The molecule has 0 rings (SSSR count). The second-order valence-electron chi connectivity index (χ2n) is 5.84. The molecule has 0 aromatic heterocycles. The number of carbonyl (C=O) groups excluding carboxylic acids is 1. The third kappa shape index (κ3) is 7.37. The Labute approximate surface area is 93.8 Å². The van der Waals surface area contributed by atoms with Gasteiger partial charge in [0.05, 0.1) is 5.92 Å².